The minimum atomic E-state index is -2.71. The minimum absolute atomic E-state index is 0.829. The highest BCUT2D eigenvalue weighted by atomic mass is 16.8. The Hall–Kier alpha value is -4.69. The van der Waals surface area contributed by atoms with Gasteiger partial charge in [0.25, 0.3) is 0 Å². The maximum Gasteiger partial charge on any atom is 0.217 e. The van der Waals surface area contributed by atoms with E-state index in [1.807, 2.05) is 0 Å². The molecular weight excluding hydrogens is 1880 g/mol. The van der Waals surface area contributed by atoms with Crippen molar-refractivity contribution < 1.29 is 277 Å². The van der Waals surface area contributed by atoms with Crippen LogP contribution in [0.2, 0.25) is 0 Å². The van der Waals surface area contributed by atoms with E-state index in [-0.39, 0.29) is 0 Å². The van der Waals surface area contributed by atoms with Crippen LogP contribution in [0.1, 0.15) is 34.6 Å². The topological polar surface area (TPSA) is 946 Å². The monoisotopic (exact) mass is 2010 g/mol. The van der Waals surface area contributed by atoms with Gasteiger partial charge in [-0.2, -0.15) is 0 Å². The number of hydrogen-bond acceptors (Lipinski definition) is 56. The summed E-state index contributed by atoms with van der Waals surface area (Å²) in [7, 11) is 0. The van der Waals surface area contributed by atoms with Gasteiger partial charge in [0.2, 0.25) is 29.5 Å². The molecule has 61 nitrogen and oxygen atoms in total. The van der Waals surface area contributed by atoms with Crippen molar-refractivity contribution in [2.75, 3.05) is 72.7 Å². The first-order chi connectivity index (χ1) is 64.8. The average molecular weight is 2010 g/mol. The molecule has 5 amide bonds. The molecule has 792 valence electrons. The molecule has 1 unspecified atom stereocenters. The molecule has 11 aliphatic heterocycles. The van der Waals surface area contributed by atoms with Gasteiger partial charge >= 0.3 is 0 Å². The second kappa shape index (κ2) is 49.5. The number of hydrogen-bond donors (Lipinski definition) is 35. The zero-order valence-electron chi connectivity index (χ0n) is 73.6. The molecule has 0 spiro atoms. The minimum Gasteiger partial charge on any atom is -0.394 e. The van der Waals surface area contributed by atoms with Crippen molar-refractivity contribution in [2.24, 2.45) is 0 Å². The quantitative estimate of drug-likeness (QED) is 0.0277. The summed E-state index contributed by atoms with van der Waals surface area (Å²) in [6.07, 6.45) is -108. The molecule has 0 aromatic rings. The molecule has 11 aliphatic rings. The van der Waals surface area contributed by atoms with E-state index in [0.717, 1.165) is 34.6 Å². The van der Waals surface area contributed by atoms with Crippen LogP contribution in [0.25, 0.3) is 0 Å². The van der Waals surface area contributed by atoms with E-state index in [9.17, 15) is 177 Å². The molecular formula is C76H127N5O56. The van der Waals surface area contributed by atoms with E-state index in [4.69, 9.17) is 99.5 Å². The summed E-state index contributed by atoms with van der Waals surface area (Å²) in [6, 6.07) is -9.69. The molecule has 35 N–H and O–H groups in total. The fourth-order valence-electron chi connectivity index (χ4n) is 17.7. The Kier molecular flexibility index (Phi) is 40.7. The van der Waals surface area contributed by atoms with Crippen LogP contribution >= 0.6 is 0 Å². The van der Waals surface area contributed by atoms with E-state index in [2.05, 4.69) is 26.6 Å². The lowest BCUT2D eigenvalue weighted by Crippen LogP contribution is -2.71. The van der Waals surface area contributed by atoms with Gasteiger partial charge < -0.3 is 279 Å². The third-order valence-corrected chi connectivity index (χ3v) is 25.0. The Balaban J connectivity index is 0.973. The number of aliphatic hydroxyl groups excluding tert-OH is 30. The Morgan fingerprint density at radius 3 is 0.803 bits per heavy atom. The summed E-state index contributed by atoms with van der Waals surface area (Å²) in [6.45, 7) is -8.06. The van der Waals surface area contributed by atoms with Crippen molar-refractivity contribution in [2.45, 2.75) is 372 Å². The Bertz CT molecular complexity index is 3780. The van der Waals surface area contributed by atoms with Gasteiger partial charge in [0, 0.05) is 34.6 Å². The first-order valence-corrected chi connectivity index (χ1v) is 43.6. The highest BCUT2D eigenvalue weighted by Crippen LogP contribution is 2.42. The molecule has 61 heteroatoms. The van der Waals surface area contributed by atoms with Crippen molar-refractivity contribution in [1.29, 1.82) is 0 Å². The number of carbonyl (C=O) groups is 5. The normalized spacial score (nSPS) is 48.9. The maximum atomic E-state index is 13.2. The van der Waals surface area contributed by atoms with Gasteiger partial charge in [-0.25, -0.2) is 0 Å². The van der Waals surface area contributed by atoms with Crippen LogP contribution in [0, 0.1) is 0 Å². The molecule has 11 rings (SSSR count). The smallest absolute Gasteiger partial charge is 0.217 e. The predicted octanol–water partition coefficient (Wildman–Crippen LogP) is -24.3. The number of carbonyl (C=O) groups excluding carboxylic acids is 5. The average Bonchev–Trinajstić information content (AvgIpc) is 0.664. The molecule has 11 saturated heterocycles. The van der Waals surface area contributed by atoms with Gasteiger partial charge in [-0.3, -0.25) is 24.0 Å². The zero-order valence-corrected chi connectivity index (χ0v) is 73.6. The molecule has 137 heavy (non-hydrogen) atoms. The molecule has 0 aliphatic carbocycles. The summed E-state index contributed by atoms with van der Waals surface area (Å²) in [5, 5.41) is 349. The van der Waals surface area contributed by atoms with Gasteiger partial charge in [0.1, 0.15) is 268 Å². The van der Waals surface area contributed by atoms with E-state index in [1.54, 1.807) is 0 Å². The van der Waals surface area contributed by atoms with Gasteiger partial charge in [-0.05, 0) is 0 Å². The first kappa shape index (κ1) is 113. The van der Waals surface area contributed by atoms with Crippen LogP contribution < -0.4 is 26.6 Å². The third kappa shape index (κ3) is 25.2. The van der Waals surface area contributed by atoms with Crippen LogP contribution in [0.5, 0.6) is 0 Å². The second-order valence-corrected chi connectivity index (χ2v) is 34.6. The fraction of sp³-hybridized carbons (Fsp3) is 0.934. The number of rotatable bonds is 36. The first-order valence-electron chi connectivity index (χ1n) is 43.6. The van der Waals surface area contributed by atoms with Gasteiger partial charge in [0.15, 0.2) is 69.2 Å². The SMILES string of the molecule is CC(=O)N[C@H]1[C@H](O[C@H]2[C@H](O)[C@@H](NC(C)=O)C(O)O[C@@H]2CO)O[C@H](CO)[C@@H](O[C@@H]2O[C@H](CO[C@H]3O[C@H](CO[C@@H]4O[C@H](CO)[C@@H](O[C@@H]5O[C@H](CO)[C@H](O)[C@H](O)[C@H]5O)[C@H](O)[C@H]4NC(C)=O)[C@@H](O)[C@H](O)[C@@H]3O[C@@H]3O[C@H](CO)[C@@H](O[C@@H]4O[C@H](CO)[C@H](O)[C@H](O)[C@H]4O)[C@H](O)[C@H]3NC(C)=O)[C@@H](O)[C@H](O[C@H]3O[C@H](CO)[C@@H](O)[C@H](O)[C@@H]3O[C@@H]3O[C@H](CO)[C@@H](O)[C@H](O[C@@H]4O[C@H](CO)[C@H](O)[C@H](O)[C@H]4O)[C@H]3NC(C)=O)[C@@H]2O)[C@@H]1O. The van der Waals surface area contributed by atoms with Crippen molar-refractivity contribution in [3.05, 3.63) is 0 Å². The number of nitrogens with one attached hydrogen (secondary N) is 5. The standard InChI is InChI=1S/C76H127N5O56/c1-17(91)77-33-45(103)58(27(11-87)119-66(33)116)130-68-35(79-19(3)93)47(105)61(30(14-90)126-68)133-74-57(115)63(135-76-65(52(110)41(99)25(9-85)124-76)137-70-37(81-21(5)95)62(43(101)26(10-86)120-70)134-73-56(114)51(109)40(98)24(8-84)123-73)44(102)32(128-74)16-118-75-64(136-69-36(80-20(4)94)48(106)60(29(13-89)127-69)132-72-55(113)50(108)39(97)23(7-83)122-72)53(111)42(100)31(129-75)15-117-67-34(78-18(2)92)46(104)59(28(12-88)125-67)131-71-54(112)49(107)38(96)22(6-82)121-71/h22-76,82-90,96-116H,6-16H2,1-5H3,(H,77,91)(H,78,92)(H,79,93)(H,80,94)(H,81,95)/t22-,23-,24-,25-,26-,27-,28-,29-,30-,31-,32-,33-,34-,35-,36-,37-,38+,39+,40+,41-,42-,43-,44-,45-,46-,47-,48-,49+,50+,51+,52+,53+,54-,55-,56-,57+,58-,59-,60-,61-,62-,63+,64+,65+,66?,67-,68+,69+,70+,71+,72+,73+,74+,75+,76-/m1/s1. The molecule has 0 radical (unpaired) electrons. The van der Waals surface area contributed by atoms with E-state index in [1.165, 1.54) is 0 Å². The van der Waals surface area contributed by atoms with E-state index >= 15 is 0 Å². The van der Waals surface area contributed by atoms with Crippen molar-refractivity contribution in [3.8, 4) is 0 Å². The molecule has 55 atom stereocenters. The third-order valence-electron chi connectivity index (χ3n) is 25.0. The van der Waals surface area contributed by atoms with Crippen molar-refractivity contribution in [3.63, 3.8) is 0 Å². The molecule has 0 aromatic carbocycles. The lowest BCUT2D eigenvalue weighted by molar-refractivity contribution is -0.399. The zero-order chi connectivity index (χ0) is 101. The summed E-state index contributed by atoms with van der Waals surface area (Å²) in [4.78, 5) is 65.0. The van der Waals surface area contributed by atoms with Crippen LogP contribution in [0.15, 0.2) is 0 Å². The van der Waals surface area contributed by atoms with Crippen LogP contribution in [-0.4, -0.2) is 593 Å². The summed E-state index contributed by atoms with van der Waals surface area (Å²) >= 11 is 0. The highest BCUT2D eigenvalue weighted by Gasteiger charge is 2.63. The largest absolute Gasteiger partial charge is 0.394 e. The summed E-state index contributed by atoms with van der Waals surface area (Å²) in [5.74, 6) is -4.81. The Morgan fingerprint density at radius 1 is 0.190 bits per heavy atom. The second-order valence-electron chi connectivity index (χ2n) is 34.6. The highest BCUT2D eigenvalue weighted by molar-refractivity contribution is 5.75. The summed E-state index contributed by atoms with van der Waals surface area (Å²) in [5.41, 5.74) is 0. The molecule has 0 bridgehead atoms. The number of ether oxygens (including phenoxy) is 21. The fourth-order valence-corrected chi connectivity index (χ4v) is 17.7. The van der Waals surface area contributed by atoms with Gasteiger partial charge in [0.05, 0.1) is 72.7 Å². The van der Waals surface area contributed by atoms with Crippen LogP contribution in [0.4, 0.5) is 0 Å². The lowest BCUT2D eigenvalue weighted by Gasteiger charge is -2.51. The van der Waals surface area contributed by atoms with E-state index < -0.39 is 440 Å². The molecule has 0 aromatic heterocycles. The number of aliphatic hydroxyl groups is 30. The van der Waals surface area contributed by atoms with Crippen molar-refractivity contribution >= 4 is 29.5 Å². The molecule has 0 saturated carbocycles. The van der Waals surface area contributed by atoms with Crippen LogP contribution in [0.3, 0.4) is 0 Å². The summed E-state index contributed by atoms with van der Waals surface area (Å²) < 4.78 is 126. The lowest BCUT2D eigenvalue weighted by atomic mass is 9.93. The van der Waals surface area contributed by atoms with Crippen LogP contribution in [-0.2, 0) is 123 Å². The Labute approximate surface area is 775 Å². The van der Waals surface area contributed by atoms with E-state index in [0.29, 0.717) is 0 Å². The van der Waals surface area contributed by atoms with Gasteiger partial charge in [-0.1, -0.05) is 0 Å². The molecule has 11 heterocycles. The molecule has 11 fully saturated rings. The predicted molar refractivity (Wildman–Crippen MR) is 420 cm³/mol. The maximum absolute atomic E-state index is 13.2. The van der Waals surface area contributed by atoms with Crippen molar-refractivity contribution in [1.82, 2.24) is 26.6 Å². The van der Waals surface area contributed by atoms with Gasteiger partial charge in [-0.15, -0.1) is 0 Å². The Morgan fingerprint density at radius 2 is 0.416 bits per heavy atom. The number of amides is 5.